The number of pyridine rings is 3. The molecule has 0 saturated carbocycles. The van der Waals surface area contributed by atoms with Crippen molar-refractivity contribution in [2.75, 3.05) is 0 Å². The zero-order chi connectivity index (χ0) is 16.6. The van der Waals surface area contributed by atoms with E-state index in [1.165, 1.54) is 0 Å². The van der Waals surface area contributed by atoms with Gasteiger partial charge in [0, 0.05) is 38.6 Å². The Balaban J connectivity index is 1.78. The summed E-state index contributed by atoms with van der Waals surface area (Å²) in [5, 5.41) is 0. The third kappa shape index (κ3) is 4.68. The molecular formula is C19H21N5. The largest absolute Gasteiger partial charge is 0.325 e. The van der Waals surface area contributed by atoms with Gasteiger partial charge in [-0.25, -0.2) is 0 Å². The molecule has 0 saturated heterocycles. The van der Waals surface area contributed by atoms with Crippen molar-refractivity contribution in [3.8, 4) is 0 Å². The average molecular weight is 319 g/mol. The summed E-state index contributed by atoms with van der Waals surface area (Å²) in [5.74, 6) is 0. The molecule has 0 aliphatic rings. The van der Waals surface area contributed by atoms with Crippen LogP contribution >= 0.6 is 0 Å². The summed E-state index contributed by atoms with van der Waals surface area (Å²) in [6.45, 7) is 2.66. The maximum absolute atomic E-state index is 5.70. The highest BCUT2D eigenvalue weighted by Gasteiger charge is 2.11. The van der Waals surface area contributed by atoms with Crippen LogP contribution in [0.3, 0.4) is 0 Å². The van der Waals surface area contributed by atoms with Gasteiger partial charge in [0.2, 0.25) is 0 Å². The summed E-state index contributed by atoms with van der Waals surface area (Å²) in [6, 6.07) is 17.9. The van der Waals surface area contributed by atoms with Crippen LogP contribution in [0.1, 0.15) is 22.8 Å². The predicted molar refractivity (Wildman–Crippen MR) is 93.6 cm³/mol. The van der Waals surface area contributed by atoms with E-state index in [0.717, 1.165) is 42.4 Å². The van der Waals surface area contributed by atoms with Crippen LogP contribution in [0.4, 0.5) is 0 Å². The van der Waals surface area contributed by atoms with Crippen molar-refractivity contribution in [3.63, 3.8) is 0 Å². The van der Waals surface area contributed by atoms with Gasteiger partial charge in [-0.3, -0.25) is 19.9 Å². The molecule has 122 valence electrons. The lowest BCUT2D eigenvalue weighted by molar-refractivity contribution is 0.238. The third-order valence-electron chi connectivity index (χ3n) is 3.68. The monoisotopic (exact) mass is 319 g/mol. The molecule has 5 nitrogen and oxygen atoms in total. The topological polar surface area (TPSA) is 67.9 Å². The molecule has 0 aromatic carbocycles. The van der Waals surface area contributed by atoms with Gasteiger partial charge in [0.05, 0.1) is 22.8 Å². The van der Waals surface area contributed by atoms with Crippen LogP contribution in [0, 0.1) is 0 Å². The molecule has 0 spiro atoms. The number of rotatable bonds is 7. The van der Waals surface area contributed by atoms with Crippen molar-refractivity contribution < 1.29 is 0 Å². The van der Waals surface area contributed by atoms with E-state index in [1.807, 2.05) is 67.0 Å². The lowest BCUT2D eigenvalue weighted by Crippen LogP contribution is -2.24. The van der Waals surface area contributed by atoms with Gasteiger partial charge >= 0.3 is 0 Å². The standard InChI is InChI=1S/C19H21N5/c20-12-16-8-5-9-19(23-16)15-24(13-17-6-1-3-10-21-17)14-18-7-2-4-11-22-18/h1-11H,12-15,20H2. The van der Waals surface area contributed by atoms with Crippen LogP contribution in [0.15, 0.2) is 67.0 Å². The predicted octanol–water partition coefficient (Wildman–Crippen LogP) is 2.53. The molecule has 5 heteroatoms. The second-order valence-electron chi connectivity index (χ2n) is 5.61. The van der Waals surface area contributed by atoms with Gasteiger partial charge in [-0.1, -0.05) is 18.2 Å². The smallest absolute Gasteiger partial charge is 0.0548 e. The first-order chi connectivity index (χ1) is 11.8. The Kier molecular flexibility index (Phi) is 5.61. The first-order valence-corrected chi connectivity index (χ1v) is 8.00. The Hall–Kier alpha value is -2.63. The van der Waals surface area contributed by atoms with Crippen molar-refractivity contribution in [1.82, 2.24) is 19.9 Å². The van der Waals surface area contributed by atoms with E-state index in [1.54, 1.807) is 0 Å². The number of hydrogen-bond acceptors (Lipinski definition) is 5. The van der Waals surface area contributed by atoms with Crippen molar-refractivity contribution in [2.45, 2.75) is 26.2 Å². The normalized spacial score (nSPS) is 10.9. The Bertz CT molecular complexity index is 704. The molecule has 3 aromatic heterocycles. The minimum absolute atomic E-state index is 0.453. The van der Waals surface area contributed by atoms with Crippen LogP contribution in [-0.4, -0.2) is 19.9 Å². The fraction of sp³-hybridized carbons (Fsp3) is 0.211. The maximum atomic E-state index is 5.70. The van der Waals surface area contributed by atoms with E-state index in [-0.39, 0.29) is 0 Å². The molecule has 0 fully saturated rings. The molecule has 0 radical (unpaired) electrons. The van der Waals surface area contributed by atoms with Crippen LogP contribution in [0.2, 0.25) is 0 Å². The van der Waals surface area contributed by atoms with Crippen molar-refractivity contribution in [3.05, 3.63) is 89.8 Å². The summed E-state index contributed by atoms with van der Waals surface area (Å²) in [7, 11) is 0. The molecule has 24 heavy (non-hydrogen) atoms. The zero-order valence-electron chi connectivity index (χ0n) is 13.5. The quantitative estimate of drug-likeness (QED) is 0.725. The Morgan fingerprint density at radius 2 is 1.21 bits per heavy atom. The minimum Gasteiger partial charge on any atom is -0.325 e. The van der Waals surface area contributed by atoms with Gasteiger partial charge in [0.25, 0.3) is 0 Å². The summed E-state index contributed by atoms with van der Waals surface area (Å²) in [5.41, 5.74) is 9.67. The SMILES string of the molecule is NCc1cccc(CN(Cc2ccccn2)Cc2ccccn2)n1. The maximum Gasteiger partial charge on any atom is 0.0548 e. The third-order valence-corrected chi connectivity index (χ3v) is 3.68. The fourth-order valence-electron chi connectivity index (χ4n) is 2.57. The van der Waals surface area contributed by atoms with Gasteiger partial charge in [0.1, 0.15) is 0 Å². The van der Waals surface area contributed by atoms with Gasteiger partial charge < -0.3 is 5.73 Å². The van der Waals surface area contributed by atoms with E-state index < -0.39 is 0 Å². The fourth-order valence-corrected chi connectivity index (χ4v) is 2.57. The van der Waals surface area contributed by atoms with Crippen LogP contribution in [0.5, 0.6) is 0 Å². The molecule has 0 atom stereocenters. The molecule has 0 aliphatic carbocycles. The zero-order valence-corrected chi connectivity index (χ0v) is 13.5. The lowest BCUT2D eigenvalue weighted by atomic mass is 10.2. The highest BCUT2D eigenvalue weighted by Crippen LogP contribution is 2.11. The van der Waals surface area contributed by atoms with Gasteiger partial charge in [-0.15, -0.1) is 0 Å². The number of nitrogens with two attached hydrogens (primary N) is 1. The summed E-state index contributed by atoms with van der Waals surface area (Å²) in [6.07, 6.45) is 3.64. The van der Waals surface area contributed by atoms with Crippen molar-refractivity contribution in [1.29, 1.82) is 0 Å². The lowest BCUT2D eigenvalue weighted by Gasteiger charge is -2.21. The van der Waals surface area contributed by atoms with Crippen LogP contribution < -0.4 is 5.73 Å². The van der Waals surface area contributed by atoms with E-state index in [9.17, 15) is 0 Å². The first-order valence-electron chi connectivity index (χ1n) is 8.00. The summed E-state index contributed by atoms with van der Waals surface area (Å²) in [4.78, 5) is 15.8. The molecule has 3 aromatic rings. The molecule has 3 heterocycles. The van der Waals surface area contributed by atoms with Crippen molar-refractivity contribution >= 4 is 0 Å². The Morgan fingerprint density at radius 3 is 1.75 bits per heavy atom. The van der Waals surface area contributed by atoms with E-state index in [0.29, 0.717) is 6.54 Å². The molecule has 0 aliphatic heterocycles. The molecule has 0 amide bonds. The first kappa shape index (κ1) is 16.2. The molecule has 0 bridgehead atoms. The van der Waals surface area contributed by atoms with E-state index >= 15 is 0 Å². The Labute approximate surface area is 142 Å². The Morgan fingerprint density at radius 1 is 0.667 bits per heavy atom. The van der Waals surface area contributed by atoms with Gasteiger partial charge in [-0.05, 0) is 36.4 Å². The summed E-state index contributed by atoms with van der Waals surface area (Å²) < 4.78 is 0. The molecular weight excluding hydrogens is 298 g/mol. The molecule has 3 rings (SSSR count). The van der Waals surface area contributed by atoms with E-state index in [2.05, 4.69) is 19.9 Å². The van der Waals surface area contributed by atoms with Crippen molar-refractivity contribution in [2.24, 2.45) is 5.73 Å². The molecule has 2 N–H and O–H groups in total. The highest BCUT2D eigenvalue weighted by atomic mass is 15.1. The molecule has 0 unspecified atom stereocenters. The number of hydrogen-bond donors (Lipinski definition) is 1. The second-order valence-corrected chi connectivity index (χ2v) is 5.61. The second kappa shape index (κ2) is 8.29. The van der Waals surface area contributed by atoms with Gasteiger partial charge in [-0.2, -0.15) is 0 Å². The average Bonchev–Trinajstić information content (AvgIpc) is 2.63. The summed E-state index contributed by atoms with van der Waals surface area (Å²) >= 11 is 0. The van der Waals surface area contributed by atoms with Crippen LogP contribution in [0.25, 0.3) is 0 Å². The highest BCUT2D eigenvalue weighted by molar-refractivity contribution is 5.12. The van der Waals surface area contributed by atoms with E-state index in [4.69, 9.17) is 5.73 Å². The van der Waals surface area contributed by atoms with Gasteiger partial charge in [0.15, 0.2) is 0 Å². The number of nitrogens with zero attached hydrogens (tertiary/aromatic N) is 4. The number of aromatic nitrogens is 3. The minimum atomic E-state index is 0.453. The van der Waals surface area contributed by atoms with Crippen LogP contribution in [-0.2, 0) is 26.2 Å².